The lowest BCUT2D eigenvalue weighted by atomic mass is 9.77. The Balaban J connectivity index is 3.07. The van der Waals surface area contributed by atoms with Crippen molar-refractivity contribution in [2.75, 3.05) is 18.6 Å². The third-order valence-corrected chi connectivity index (χ3v) is 6.05. The van der Waals surface area contributed by atoms with Crippen LogP contribution in [0.3, 0.4) is 0 Å². The second kappa shape index (κ2) is 11.2. The van der Waals surface area contributed by atoms with Crippen molar-refractivity contribution >= 4 is 23.7 Å². The van der Waals surface area contributed by atoms with Gasteiger partial charge in [-0.15, -0.1) is 0 Å². The van der Waals surface area contributed by atoms with Crippen LogP contribution in [0.4, 0.5) is 0 Å². The van der Waals surface area contributed by atoms with Gasteiger partial charge in [0.05, 0.1) is 5.92 Å². The number of carbonyl (C=O) groups is 2. The molecule has 1 aromatic rings. The van der Waals surface area contributed by atoms with E-state index < -0.39 is 23.9 Å². The molecule has 1 unspecified atom stereocenters. The largest absolute Gasteiger partial charge is 0.507 e. The van der Waals surface area contributed by atoms with Gasteiger partial charge in [0.1, 0.15) is 11.8 Å². The van der Waals surface area contributed by atoms with E-state index in [0.717, 1.165) is 22.4 Å². The number of rotatable bonds is 11. The quantitative estimate of drug-likeness (QED) is 0.393. The second-order valence-electron chi connectivity index (χ2n) is 10.2. The lowest BCUT2D eigenvalue weighted by Gasteiger charge is -2.28. The first-order chi connectivity index (χ1) is 14.2. The van der Waals surface area contributed by atoms with E-state index in [2.05, 4.69) is 5.32 Å². The zero-order chi connectivity index (χ0) is 24.0. The zero-order valence-electron chi connectivity index (χ0n) is 19.9. The maximum absolute atomic E-state index is 11.9. The Morgan fingerprint density at radius 1 is 0.968 bits per heavy atom. The Morgan fingerprint density at radius 2 is 1.48 bits per heavy atom. The van der Waals surface area contributed by atoms with Gasteiger partial charge in [0.2, 0.25) is 0 Å². The van der Waals surface area contributed by atoms with Crippen molar-refractivity contribution < 1.29 is 24.9 Å². The van der Waals surface area contributed by atoms with E-state index in [1.54, 1.807) is 11.8 Å². The van der Waals surface area contributed by atoms with E-state index in [4.69, 9.17) is 0 Å². The van der Waals surface area contributed by atoms with Gasteiger partial charge in [-0.2, -0.15) is 11.8 Å². The van der Waals surface area contributed by atoms with E-state index in [1.165, 1.54) is 0 Å². The molecule has 0 saturated carbocycles. The molecule has 0 amide bonds. The Morgan fingerprint density at radius 3 is 1.87 bits per heavy atom. The smallest absolute Gasteiger partial charge is 0.320 e. The van der Waals surface area contributed by atoms with E-state index in [1.807, 2.05) is 59.9 Å². The molecule has 0 aliphatic carbocycles. The molecule has 0 heterocycles. The Bertz CT molecular complexity index is 729. The molecule has 6 nitrogen and oxygen atoms in total. The topological polar surface area (TPSA) is 107 Å². The van der Waals surface area contributed by atoms with Crippen LogP contribution in [0.25, 0.3) is 0 Å². The van der Waals surface area contributed by atoms with Crippen LogP contribution in [0.1, 0.15) is 71.1 Å². The molecule has 0 aromatic heterocycles. The summed E-state index contributed by atoms with van der Waals surface area (Å²) in [6.45, 7) is 12.5. The SMILES string of the molecule is CSCC[C@H](NCCC(Cc1cc(C(C)(C)C)c(O)c(C(C)(C)C)c1)C(=O)O)C(=O)O. The van der Waals surface area contributed by atoms with Crippen LogP contribution in [-0.2, 0) is 26.8 Å². The fourth-order valence-corrected chi connectivity index (χ4v) is 4.00. The number of aliphatic carboxylic acids is 2. The van der Waals surface area contributed by atoms with Crippen molar-refractivity contribution in [2.45, 2.75) is 77.7 Å². The molecule has 1 rings (SSSR count). The third-order valence-electron chi connectivity index (χ3n) is 5.41. The lowest BCUT2D eigenvalue weighted by Crippen LogP contribution is -2.38. The minimum atomic E-state index is -0.913. The first-order valence-corrected chi connectivity index (χ1v) is 12.1. The lowest BCUT2D eigenvalue weighted by molar-refractivity contribution is -0.141. The number of hydrogen-bond donors (Lipinski definition) is 4. The molecule has 0 saturated heterocycles. The first kappa shape index (κ1) is 27.3. The number of carboxylic acids is 2. The molecular formula is C24H39NO5S. The van der Waals surface area contributed by atoms with Crippen LogP contribution in [0, 0.1) is 5.92 Å². The van der Waals surface area contributed by atoms with Gasteiger partial charge in [0.25, 0.3) is 0 Å². The fraction of sp³-hybridized carbons (Fsp3) is 0.667. The van der Waals surface area contributed by atoms with Crippen LogP contribution in [0.5, 0.6) is 5.75 Å². The van der Waals surface area contributed by atoms with Gasteiger partial charge in [-0.1, -0.05) is 53.7 Å². The van der Waals surface area contributed by atoms with Crippen LogP contribution in [0.2, 0.25) is 0 Å². The summed E-state index contributed by atoms with van der Waals surface area (Å²) < 4.78 is 0. The molecule has 4 N–H and O–H groups in total. The van der Waals surface area contributed by atoms with E-state index >= 15 is 0 Å². The Labute approximate surface area is 190 Å². The summed E-state index contributed by atoms with van der Waals surface area (Å²) in [7, 11) is 0. The number of aromatic hydroxyl groups is 1. The standard InChI is InChI=1S/C24H39NO5S/c1-23(2,3)17-13-15(14-18(20(17)26)24(4,5)6)12-16(21(27)28)8-10-25-19(22(29)30)9-11-31-7/h13-14,16,19,25-26H,8-12H2,1-7H3,(H,27,28)(H,29,30)/t16?,19-/m0/s1. The molecule has 7 heteroatoms. The molecule has 0 aliphatic rings. The normalized spacial score (nSPS) is 14.3. The van der Waals surface area contributed by atoms with Crippen LogP contribution in [0.15, 0.2) is 12.1 Å². The summed E-state index contributed by atoms with van der Waals surface area (Å²) in [4.78, 5) is 23.3. The van der Waals surface area contributed by atoms with E-state index in [-0.39, 0.29) is 16.6 Å². The van der Waals surface area contributed by atoms with Crippen molar-refractivity contribution in [3.05, 3.63) is 28.8 Å². The average Bonchev–Trinajstić information content (AvgIpc) is 2.62. The third kappa shape index (κ3) is 8.37. The minimum absolute atomic E-state index is 0.274. The highest BCUT2D eigenvalue weighted by Crippen LogP contribution is 2.40. The van der Waals surface area contributed by atoms with Crippen LogP contribution >= 0.6 is 11.8 Å². The van der Waals surface area contributed by atoms with Gasteiger partial charge in [-0.25, -0.2) is 0 Å². The number of phenols is 1. The summed E-state index contributed by atoms with van der Waals surface area (Å²) in [6, 6.07) is 3.15. The summed E-state index contributed by atoms with van der Waals surface area (Å²) in [5.74, 6) is -1.46. The number of carboxylic acid groups (broad SMARTS) is 2. The number of benzene rings is 1. The molecule has 0 fully saturated rings. The van der Waals surface area contributed by atoms with E-state index in [0.29, 0.717) is 25.8 Å². The number of hydrogen-bond acceptors (Lipinski definition) is 5. The Kier molecular flexibility index (Phi) is 9.89. The number of phenolic OH excluding ortho intramolecular Hbond substituents is 1. The van der Waals surface area contributed by atoms with Crippen LogP contribution < -0.4 is 5.32 Å². The molecule has 176 valence electrons. The first-order valence-electron chi connectivity index (χ1n) is 10.7. The monoisotopic (exact) mass is 453 g/mol. The van der Waals surface area contributed by atoms with Crippen molar-refractivity contribution in [2.24, 2.45) is 5.92 Å². The number of nitrogens with one attached hydrogen (secondary N) is 1. The Hall–Kier alpha value is -1.73. The van der Waals surface area contributed by atoms with Gasteiger partial charge in [-0.3, -0.25) is 9.59 Å². The maximum atomic E-state index is 11.9. The van der Waals surface area contributed by atoms with Gasteiger partial charge in [0, 0.05) is 0 Å². The highest BCUT2D eigenvalue weighted by atomic mass is 32.2. The predicted molar refractivity (Wildman–Crippen MR) is 127 cm³/mol. The molecule has 0 spiro atoms. The minimum Gasteiger partial charge on any atom is -0.507 e. The highest BCUT2D eigenvalue weighted by Gasteiger charge is 2.28. The number of thioether (sulfide) groups is 1. The predicted octanol–water partition coefficient (Wildman–Crippen LogP) is 4.42. The summed E-state index contributed by atoms with van der Waals surface area (Å²) in [6.07, 6.45) is 3.08. The van der Waals surface area contributed by atoms with Crippen molar-refractivity contribution in [3.8, 4) is 5.75 Å². The molecule has 0 aliphatic heterocycles. The van der Waals surface area contributed by atoms with Gasteiger partial charge < -0.3 is 20.6 Å². The van der Waals surface area contributed by atoms with Crippen molar-refractivity contribution in [1.29, 1.82) is 0 Å². The molecule has 31 heavy (non-hydrogen) atoms. The second-order valence-corrected chi connectivity index (χ2v) is 11.2. The molecule has 1 aromatic carbocycles. The summed E-state index contributed by atoms with van der Waals surface area (Å²) in [5.41, 5.74) is 1.91. The van der Waals surface area contributed by atoms with Gasteiger partial charge >= 0.3 is 11.9 Å². The highest BCUT2D eigenvalue weighted by molar-refractivity contribution is 7.98. The van der Waals surface area contributed by atoms with Gasteiger partial charge in [0.15, 0.2) is 0 Å². The van der Waals surface area contributed by atoms with Crippen molar-refractivity contribution in [3.63, 3.8) is 0 Å². The van der Waals surface area contributed by atoms with E-state index in [9.17, 15) is 24.9 Å². The summed E-state index contributed by atoms with van der Waals surface area (Å²) >= 11 is 1.58. The zero-order valence-corrected chi connectivity index (χ0v) is 20.7. The van der Waals surface area contributed by atoms with Gasteiger partial charge in [-0.05, 0) is 65.3 Å². The maximum Gasteiger partial charge on any atom is 0.320 e. The van der Waals surface area contributed by atoms with Crippen molar-refractivity contribution in [1.82, 2.24) is 5.32 Å². The average molecular weight is 454 g/mol. The summed E-state index contributed by atoms with van der Waals surface area (Å²) in [5, 5.41) is 33.0. The molecule has 0 bridgehead atoms. The molecular weight excluding hydrogens is 414 g/mol. The fourth-order valence-electron chi connectivity index (χ4n) is 3.53. The molecule has 2 atom stereocenters. The molecule has 0 radical (unpaired) electrons. The van der Waals surface area contributed by atoms with Crippen LogP contribution in [-0.4, -0.2) is 51.9 Å².